The maximum absolute atomic E-state index is 11.5. The van der Waals surface area contributed by atoms with Gasteiger partial charge in [0.05, 0.1) is 16.7 Å². The molecule has 8 aromatic carbocycles. The van der Waals surface area contributed by atoms with Crippen LogP contribution in [0.25, 0.3) is 94.0 Å². The van der Waals surface area contributed by atoms with E-state index >= 15 is 0 Å². The fourth-order valence-corrected chi connectivity index (χ4v) is 7.92. The fourth-order valence-electron chi connectivity index (χ4n) is 7.92. The Bertz CT molecular complexity index is 3190. The Labute approximate surface area is 332 Å². The van der Waals surface area contributed by atoms with Crippen LogP contribution in [-0.4, -0.2) is 74.1 Å². The van der Waals surface area contributed by atoms with E-state index in [0.29, 0.717) is 34.1 Å². The quantitative estimate of drug-likeness (QED) is 0.183. The van der Waals surface area contributed by atoms with E-state index in [0.717, 1.165) is 38.1 Å². The van der Waals surface area contributed by atoms with E-state index in [2.05, 4.69) is 48.5 Å². The third kappa shape index (κ3) is 5.17. The smallest absolute Gasteiger partial charge is 0.182 e. The van der Waals surface area contributed by atoms with Crippen molar-refractivity contribution in [1.82, 2.24) is 19.5 Å². The Morgan fingerprint density at radius 1 is 0.404 bits per heavy atom. The number of hydrogen-bond donors (Lipinski definition) is 3. The first-order valence-electron chi connectivity index (χ1n) is 18.0. The second-order valence-corrected chi connectivity index (χ2v) is 14.0. The second kappa shape index (κ2) is 12.8. The van der Waals surface area contributed by atoms with Gasteiger partial charge in [0, 0.05) is 27.5 Å². The number of aromatic nitrogens is 4. The highest BCUT2D eigenvalue weighted by Crippen LogP contribution is 2.41. The van der Waals surface area contributed by atoms with Gasteiger partial charge < -0.3 is 19.9 Å². The lowest BCUT2D eigenvalue weighted by Crippen LogP contribution is -2.33. The second-order valence-electron chi connectivity index (χ2n) is 14.0. The maximum atomic E-state index is 11.5. The van der Waals surface area contributed by atoms with Crippen LogP contribution in [0.5, 0.6) is 17.2 Å². The lowest BCUT2D eigenvalue weighted by atomic mass is 9.71. The molecule has 12 heteroatoms. The molecule has 0 amide bonds. The van der Waals surface area contributed by atoms with Gasteiger partial charge in [0.25, 0.3) is 0 Å². The zero-order valence-corrected chi connectivity index (χ0v) is 30.1. The molecule has 2 heterocycles. The van der Waals surface area contributed by atoms with Crippen LogP contribution in [0.2, 0.25) is 0 Å². The van der Waals surface area contributed by atoms with Crippen LogP contribution in [0.15, 0.2) is 121 Å². The van der Waals surface area contributed by atoms with Crippen LogP contribution < -0.4 is 27.3 Å². The van der Waals surface area contributed by atoms with Crippen molar-refractivity contribution in [3.05, 3.63) is 121 Å². The largest absolute Gasteiger partial charge is 0.509 e. The van der Waals surface area contributed by atoms with Gasteiger partial charge in [-0.2, -0.15) is 0 Å². The minimum atomic E-state index is -0.619. The van der Waals surface area contributed by atoms with Crippen molar-refractivity contribution in [2.75, 3.05) is 0 Å². The van der Waals surface area contributed by atoms with Crippen molar-refractivity contribution in [3.63, 3.8) is 0 Å². The Hall–Kier alpha value is -6.93. The van der Waals surface area contributed by atoms with Gasteiger partial charge in [0.15, 0.2) is 29.0 Å². The molecular formula is C45H23B5N4O3. The summed E-state index contributed by atoms with van der Waals surface area (Å²) >= 11 is 0. The molecule has 0 fully saturated rings. The summed E-state index contributed by atoms with van der Waals surface area (Å²) in [7, 11) is 32.0. The van der Waals surface area contributed by atoms with Crippen LogP contribution in [0.1, 0.15) is 0 Å². The summed E-state index contributed by atoms with van der Waals surface area (Å²) in [5.74, 6) is -0.202. The monoisotopic (exact) mass is 722 g/mol. The molecule has 0 saturated carbocycles. The Morgan fingerprint density at radius 3 is 1.49 bits per heavy atom. The van der Waals surface area contributed by atoms with Crippen LogP contribution in [0, 0.1) is 0 Å². The number of aromatic hydroxyl groups is 3. The zero-order valence-electron chi connectivity index (χ0n) is 30.1. The average molecular weight is 722 g/mol. The molecular weight excluding hydrogens is 699 g/mol. The van der Waals surface area contributed by atoms with Crippen molar-refractivity contribution in [2.24, 2.45) is 0 Å². The van der Waals surface area contributed by atoms with E-state index in [1.165, 1.54) is 0 Å². The first-order valence-corrected chi connectivity index (χ1v) is 18.0. The van der Waals surface area contributed by atoms with Crippen LogP contribution in [0.3, 0.4) is 0 Å². The van der Waals surface area contributed by atoms with Gasteiger partial charge in [-0.05, 0) is 62.0 Å². The summed E-state index contributed by atoms with van der Waals surface area (Å²) in [5, 5.41) is 39.7. The van der Waals surface area contributed by atoms with Crippen LogP contribution in [-0.2, 0) is 0 Å². The SMILES string of the molecule is [B]c1c(O)c([B])c2c(c1[B])c1c([B])c([B])c(O)c(O)c1n2-c1ccc(-c2nc(-c3ccc4ccccc4c3)nc(-c3ccc4ccccc4c3)n2)c2ccccc12. The van der Waals surface area contributed by atoms with Gasteiger partial charge in [0.2, 0.25) is 0 Å². The minimum Gasteiger partial charge on any atom is -0.509 e. The topological polar surface area (TPSA) is 104 Å². The van der Waals surface area contributed by atoms with E-state index in [1.54, 1.807) is 4.57 Å². The number of phenols is 3. The highest BCUT2D eigenvalue weighted by molar-refractivity contribution is 6.62. The minimum absolute atomic E-state index is 0.0230. The first-order chi connectivity index (χ1) is 27.6. The molecule has 57 heavy (non-hydrogen) atoms. The molecule has 7 nitrogen and oxygen atoms in total. The summed E-state index contributed by atoms with van der Waals surface area (Å²) in [6, 6.07) is 39.8. The van der Waals surface area contributed by atoms with Gasteiger partial charge in [0.1, 0.15) is 45.0 Å². The van der Waals surface area contributed by atoms with Gasteiger partial charge >= 0.3 is 0 Å². The predicted molar refractivity (Wildman–Crippen MR) is 235 cm³/mol. The molecule has 0 spiro atoms. The van der Waals surface area contributed by atoms with E-state index in [-0.39, 0.29) is 49.1 Å². The average Bonchev–Trinajstić information content (AvgIpc) is 3.61. The van der Waals surface area contributed by atoms with Gasteiger partial charge in [-0.1, -0.05) is 119 Å². The van der Waals surface area contributed by atoms with Crippen LogP contribution in [0.4, 0.5) is 0 Å². The van der Waals surface area contributed by atoms with E-state index in [1.807, 2.05) is 72.8 Å². The summed E-state index contributed by atoms with van der Waals surface area (Å²) in [4.78, 5) is 15.2. The summed E-state index contributed by atoms with van der Waals surface area (Å²) in [6.07, 6.45) is 0. The van der Waals surface area contributed by atoms with Gasteiger partial charge in [-0.15, -0.1) is 0 Å². The molecule has 2 aromatic heterocycles. The Morgan fingerprint density at radius 2 is 0.895 bits per heavy atom. The number of phenolic OH excluding ortho intramolecular Hbond substituents is 3. The molecule has 10 radical (unpaired) electrons. The highest BCUT2D eigenvalue weighted by atomic mass is 16.3. The van der Waals surface area contributed by atoms with Crippen molar-refractivity contribution in [1.29, 1.82) is 0 Å². The van der Waals surface area contributed by atoms with Crippen molar-refractivity contribution in [3.8, 4) is 57.1 Å². The lowest BCUT2D eigenvalue weighted by Gasteiger charge is -2.18. The van der Waals surface area contributed by atoms with E-state index < -0.39 is 17.2 Å². The molecule has 10 aromatic rings. The van der Waals surface area contributed by atoms with E-state index in [4.69, 9.17) is 54.2 Å². The molecule has 0 aliphatic carbocycles. The molecule has 3 N–H and O–H groups in total. The number of fused-ring (bicyclic) bond motifs is 6. The Balaban J connectivity index is 1.27. The number of hydrogen-bond acceptors (Lipinski definition) is 6. The van der Waals surface area contributed by atoms with Crippen molar-refractivity contribution in [2.45, 2.75) is 0 Å². The lowest BCUT2D eigenvalue weighted by molar-refractivity contribution is 0.410. The molecule has 0 atom stereocenters. The summed E-state index contributed by atoms with van der Waals surface area (Å²) in [5.41, 5.74) is 2.51. The number of nitrogens with zero attached hydrogens (tertiary/aromatic N) is 4. The summed E-state index contributed by atoms with van der Waals surface area (Å²) < 4.78 is 1.60. The normalized spacial score (nSPS) is 11.7. The molecule has 0 saturated heterocycles. The molecule has 10 rings (SSSR count). The standard InChI is InChI=1S/C45H23B5N4O3/c46-33-31-32-34(47)36(49)41(56)42(57)39(32)54(38(31)37(50)40(55)35(33)48)30-18-17-29(27-11-5-6-12-28(27)30)45-52-43(25-15-13-21-7-1-3-9-23(21)19-25)51-44(53-45)26-16-14-22-8-2-4-10-24(22)20-26/h1-20,55-57H. The highest BCUT2D eigenvalue weighted by Gasteiger charge is 2.27. The molecule has 0 unspecified atom stereocenters. The molecule has 0 bridgehead atoms. The van der Waals surface area contributed by atoms with Crippen molar-refractivity contribution < 1.29 is 15.3 Å². The molecule has 256 valence electrons. The van der Waals surface area contributed by atoms with E-state index in [9.17, 15) is 15.3 Å². The zero-order chi connectivity index (χ0) is 39.3. The van der Waals surface area contributed by atoms with Gasteiger partial charge in [-0.3, -0.25) is 0 Å². The molecule has 0 aliphatic heterocycles. The molecule has 0 aliphatic rings. The Kier molecular flexibility index (Phi) is 7.77. The third-order valence-corrected chi connectivity index (χ3v) is 10.8. The van der Waals surface area contributed by atoms with Gasteiger partial charge in [-0.25, -0.2) is 15.0 Å². The number of rotatable bonds is 4. The fraction of sp³-hybridized carbons (Fsp3) is 0. The van der Waals surface area contributed by atoms with Crippen molar-refractivity contribution >= 4 is 121 Å². The summed E-state index contributed by atoms with van der Waals surface area (Å²) in [6.45, 7) is 0. The van der Waals surface area contributed by atoms with Crippen LogP contribution >= 0.6 is 0 Å². The first kappa shape index (κ1) is 34.6. The number of benzene rings is 8. The third-order valence-electron chi connectivity index (χ3n) is 10.8. The maximum Gasteiger partial charge on any atom is 0.182 e. The predicted octanol–water partition coefficient (Wildman–Crippen LogP) is 4.52.